The van der Waals surface area contributed by atoms with Gasteiger partial charge in [-0.1, -0.05) is 0 Å². The summed E-state index contributed by atoms with van der Waals surface area (Å²) in [6, 6.07) is 16.2. The van der Waals surface area contributed by atoms with Crippen LogP contribution in [0.4, 0.5) is 0 Å². The Balaban J connectivity index is 2.29. The summed E-state index contributed by atoms with van der Waals surface area (Å²) in [5.74, 6) is 0. The van der Waals surface area contributed by atoms with Crippen molar-refractivity contribution in [2.75, 3.05) is 0 Å². The molecular formula is C12H8Cl2Ru. The van der Waals surface area contributed by atoms with Crippen molar-refractivity contribution in [2.24, 2.45) is 0 Å². The van der Waals surface area contributed by atoms with Crippen LogP contribution in [0.3, 0.4) is 0 Å². The molecule has 0 aliphatic rings. The van der Waals surface area contributed by atoms with Crippen LogP contribution in [0.1, 0.15) is 0 Å². The fourth-order valence-corrected chi connectivity index (χ4v) is 3.64. The summed E-state index contributed by atoms with van der Waals surface area (Å²) in [4.78, 5) is 0. The van der Waals surface area contributed by atoms with E-state index in [0.29, 0.717) is 10.0 Å². The van der Waals surface area contributed by atoms with E-state index in [9.17, 15) is 0 Å². The van der Waals surface area contributed by atoms with Crippen LogP contribution in [0.2, 0.25) is 10.0 Å². The molecule has 0 spiro atoms. The van der Waals surface area contributed by atoms with Crippen molar-refractivity contribution in [3.8, 4) is 0 Å². The zero-order chi connectivity index (χ0) is 10.7. The second-order valence-electron chi connectivity index (χ2n) is 2.89. The zero-order valence-corrected chi connectivity index (χ0v) is 11.0. The van der Waals surface area contributed by atoms with Gasteiger partial charge >= 0.3 is 107 Å². The standard InChI is InChI=1S/C6H3Cl2.C6H5.Ru/c7-5-3-1-2-4-6(5)8;1-2-4-6-5-3-1;/h1-3H;1-5H;. The molecule has 0 aromatic heterocycles. The van der Waals surface area contributed by atoms with Crippen LogP contribution >= 0.6 is 23.2 Å². The fourth-order valence-electron chi connectivity index (χ4n) is 1.12. The molecule has 0 aliphatic carbocycles. The third-order valence-electron chi connectivity index (χ3n) is 1.82. The first-order valence-corrected chi connectivity index (χ1v) is 6.88. The molecule has 2 aromatic rings. The van der Waals surface area contributed by atoms with E-state index in [-0.39, 0.29) is 17.1 Å². The summed E-state index contributed by atoms with van der Waals surface area (Å²) in [6.45, 7) is 0. The normalized spacial score (nSPS) is 10.5. The van der Waals surface area contributed by atoms with Gasteiger partial charge in [-0.15, -0.1) is 0 Å². The Kier molecular flexibility index (Phi) is 3.80. The van der Waals surface area contributed by atoms with Gasteiger partial charge in [0.15, 0.2) is 0 Å². The molecular weight excluding hydrogens is 316 g/mol. The topological polar surface area (TPSA) is 0 Å². The third kappa shape index (κ3) is 2.81. The van der Waals surface area contributed by atoms with Gasteiger partial charge in [0.25, 0.3) is 0 Å². The minimum atomic E-state index is -0.0360. The number of rotatable bonds is 2. The van der Waals surface area contributed by atoms with Crippen molar-refractivity contribution in [2.45, 2.75) is 0 Å². The molecule has 3 heteroatoms. The number of hydrogen-bond acceptors (Lipinski definition) is 0. The van der Waals surface area contributed by atoms with Crippen LogP contribution in [-0.2, 0) is 17.1 Å². The first kappa shape index (κ1) is 11.1. The third-order valence-corrected chi connectivity index (χ3v) is 5.16. The molecule has 0 radical (unpaired) electrons. The Morgan fingerprint density at radius 1 is 0.800 bits per heavy atom. The van der Waals surface area contributed by atoms with Crippen LogP contribution < -0.4 is 8.32 Å². The van der Waals surface area contributed by atoms with Crippen LogP contribution in [0.25, 0.3) is 0 Å². The molecule has 0 unspecified atom stereocenters. The van der Waals surface area contributed by atoms with Crippen LogP contribution in [0.5, 0.6) is 0 Å². The fraction of sp³-hybridized carbons (Fsp3) is 0. The second-order valence-corrected chi connectivity index (χ2v) is 6.05. The Bertz CT molecular complexity index is 454. The van der Waals surface area contributed by atoms with Gasteiger partial charge in [0.1, 0.15) is 0 Å². The molecule has 78 valence electrons. The molecule has 0 N–H and O–H groups in total. The monoisotopic (exact) mass is 324 g/mol. The maximum atomic E-state index is 6.13. The van der Waals surface area contributed by atoms with E-state index in [1.165, 1.54) is 4.16 Å². The van der Waals surface area contributed by atoms with Crippen molar-refractivity contribution in [3.63, 3.8) is 0 Å². The molecule has 0 aliphatic heterocycles. The molecule has 15 heavy (non-hydrogen) atoms. The van der Waals surface area contributed by atoms with Crippen LogP contribution in [-0.4, -0.2) is 0 Å². The van der Waals surface area contributed by atoms with Crippen molar-refractivity contribution in [1.29, 1.82) is 0 Å². The van der Waals surface area contributed by atoms with E-state index in [1.807, 2.05) is 36.4 Å². The van der Waals surface area contributed by atoms with Crippen molar-refractivity contribution >= 4 is 31.5 Å². The molecule has 0 amide bonds. The molecule has 0 fully saturated rings. The average molecular weight is 324 g/mol. The Hall–Kier alpha value is -0.357. The van der Waals surface area contributed by atoms with Gasteiger partial charge in [0.2, 0.25) is 0 Å². The first-order valence-electron chi connectivity index (χ1n) is 4.39. The molecule has 0 saturated carbocycles. The Morgan fingerprint density at radius 3 is 2.27 bits per heavy atom. The van der Waals surface area contributed by atoms with E-state index in [2.05, 4.69) is 12.1 Å². The minimum absolute atomic E-state index is 0.0360. The van der Waals surface area contributed by atoms with E-state index >= 15 is 0 Å². The summed E-state index contributed by atoms with van der Waals surface area (Å²) in [5, 5.41) is 1.33. The Labute approximate surface area is 107 Å². The summed E-state index contributed by atoms with van der Waals surface area (Å²) in [5.41, 5.74) is 0. The predicted octanol–water partition coefficient (Wildman–Crippen LogP) is 3.03. The Morgan fingerprint density at radius 2 is 1.53 bits per heavy atom. The molecule has 0 bridgehead atoms. The summed E-state index contributed by atoms with van der Waals surface area (Å²) in [6.07, 6.45) is 0. The van der Waals surface area contributed by atoms with E-state index < -0.39 is 0 Å². The van der Waals surface area contributed by atoms with Gasteiger partial charge in [0.05, 0.1) is 0 Å². The van der Waals surface area contributed by atoms with Gasteiger partial charge in [-0.05, 0) is 0 Å². The first-order chi connectivity index (χ1) is 7.27. The summed E-state index contributed by atoms with van der Waals surface area (Å²) >= 11 is 12.1. The number of benzene rings is 2. The zero-order valence-electron chi connectivity index (χ0n) is 7.73. The maximum absolute atomic E-state index is 6.13. The molecule has 0 heterocycles. The SMILES string of the molecule is Clc1ccc[c]([Ru][c]2ccccc2)c1Cl. The van der Waals surface area contributed by atoms with Crippen molar-refractivity contribution in [1.82, 2.24) is 0 Å². The number of halogens is 2. The van der Waals surface area contributed by atoms with Crippen molar-refractivity contribution < 1.29 is 17.1 Å². The molecule has 2 rings (SSSR count). The van der Waals surface area contributed by atoms with Gasteiger partial charge in [-0.3, -0.25) is 0 Å². The van der Waals surface area contributed by atoms with Gasteiger partial charge in [-0.2, -0.15) is 0 Å². The van der Waals surface area contributed by atoms with Gasteiger partial charge in [-0.25, -0.2) is 0 Å². The average Bonchev–Trinajstić information content (AvgIpc) is 2.26. The summed E-state index contributed by atoms with van der Waals surface area (Å²) in [7, 11) is 0. The number of hydrogen-bond donors (Lipinski definition) is 0. The van der Waals surface area contributed by atoms with Crippen molar-refractivity contribution in [3.05, 3.63) is 58.6 Å². The van der Waals surface area contributed by atoms with E-state index in [1.54, 1.807) is 0 Å². The van der Waals surface area contributed by atoms with Crippen LogP contribution in [0, 0.1) is 0 Å². The quantitative estimate of drug-likeness (QED) is 0.745. The van der Waals surface area contributed by atoms with Gasteiger partial charge < -0.3 is 0 Å². The molecule has 0 atom stereocenters. The summed E-state index contributed by atoms with van der Waals surface area (Å²) < 4.78 is 2.48. The van der Waals surface area contributed by atoms with Crippen LogP contribution in [0.15, 0.2) is 48.5 Å². The second kappa shape index (κ2) is 5.12. The van der Waals surface area contributed by atoms with E-state index in [4.69, 9.17) is 23.2 Å². The molecule has 0 saturated heterocycles. The van der Waals surface area contributed by atoms with Gasteiger partial charge in [0, 0.05) is 0 Å². The predicted molar refractivity (Wildman–Crippen MR) is 62.2 cm³/mol. The molecule has 2 aromatic carbocycles. The van der Waals surface area contributed by atoms with E-state index in [0.717, 1.165) is 4.16 Å². The molecule has 0 nitrogen and oxygen atoms in total.